The minimum Gasteiger partial charge on any atom is -0.194 e. The van der Waals surface area contributed by atoms with Crippen LogP contribution < -0.4 is 4.57 Å². The van der Waals surface area contributed by atoms with Crippen molar-refractivity contribution in [3.8, 4) is 11.3 Å². The second-order valence-electron chi connectivity index (χ2n) is 8.89. The van der Waals surface area contributed by atoms with Crippen LogP contribution in [0.4, 0.5) is 0 Å². The van der Waals surface area contributed by atoms with E-state index < -0.39 is 6.37 Å². The Labute approximate surface area is 165 Å². The number of rotatable bonds is 1. The number of aromatic nitrogens is 1. The summed E-state index contributed by atoms with van der Waals surface area (Å²) >= 11 is 0. The summed E-state index contributed by atoms with van der Waals surface area (Å²) in [5.41, 5.74) is 9.45. The predicted molar refractivity (Wildman–Crippen MR) is 113 cm³/mol. The molecule has 138 valence electrons. The minimum atomic E-state index is -1.23. The molecular formula is C26H30N+. The quantitative estimate of drug-likeness (QED) is 0.476. The van der Waals surface area contributed by atoms with Crippen molar-refractivity contribution in [3.63, 3.8) is 0 Å². The third-order valence-electron chi connectivity index (χ3n) is 6.97. The second kappa shape index (κ2) is 5.92. The van der Waals surface area contributed by atoms with Crippen molar-refractivity contribution in [3.05, 3.63) is 64.2 Å². The Morgan fingerprint density at radius 3 is 2.52 bits per heavy atom. The van der Waals surface area contributed by atoms with Crippen LogP contribution in [0, 0.1) is 26.2 Å². The van der Waals surface area contributed by atoms with Crippen LogP contribution in [0.1, 0.15) is 56.2 Å². The molecule has 1 heteroatoms. The van der Waals surface area contributed by atoms with Crippen LogP contribution in [0.5, 0.6) is 0 Å². The van der Waals surface area contributed by atoms with Crippen molar-refractivity contribution in [2.24, 2.45) is 12.5 Å². The monoisotopic (exact) mass is 358 g/mol. The lowest BCUT2D eigenvalue weighted by molar-refractivity contribution is -0.633. The lowest BCUT2D eigenvalue weighted by atomic mass is 9.83. The van der Waals surface area contributed by atoms with Gasteiger partial charge in [-0.25, -0.2) is 0 Å². The molecule has 27 heavy (non-hydrogen) atoms. The summed E-state index contributed by atoms with van der Waals surface area (Å²) in [6.45, 7) is 6.52. The average molecular weight is 359 g/mol. The molecule has 1 nitrogen and oxygen atoms in total. The second-order valence-corrected chi connectivity index (χ2v) is 8.89. The molecular weight excluding hydrogens is 326 g/mol. The molecule has 1 aromatic heterocycles. The molecule has 0 amide bonds. The van der Waals surface area contributed by atoms with E-state index in [0.29, 0.717) is 0 Å². The van der Waals surface area contributed by atoms with E-state index in [1.807, 2.05) is 0 Å². The Morgan fingerprint density at radius 1 is 0.963 bits per heavy atom. The first-order chi connectivity index (χ1) is 13.7. The number of hydrogen-bond acceptors (Lipinski definition) is 0. The fourth-order valence-corrected chi connectivity index (χ4v) is 5.37. The van der Waals surface area contributed by atoms with Crippen LogP contribution in [-0.4, -0.2) is 0 Å². The Bertz CT molecular complexity index is 1150. The number of aryl methyl sites for hydroxylation is 3. The molecule has 0 radical (unpaired) electrons. The molecule has 0 N–H and O–H groups in total. The normalized spacial score (nSPS) is 20.7. The van der Waals surface area contributed by atoms with Crippen LogP contribution in [0.25, 0.3) is 22.2 Å². The maximum atomic E-state index is 9.02. The maximum Gasteiger partial charge on any atom is 0.213 e. The highest BCUT2D eigenvalue weighted by molar-refractivity contribution is 5.80. The highest BCUT2D eigenvalue weighted by Gasteiger charge is 2.40. The first-order valence-corrected chi connectivity index (χ1v) is 10.3. The van der Waals surface area contributed by atoms with Gasteiger partial charge in [0.25, 0.3) is 0 Å². The number of nitrogens with zero attached hydrogens (tertiary/aromatic N) is 1. The van der Waals surface area contributed by atoms with Gasteiger partial charge in [-0.2, -0.15) is 4.57 Å². The third kappa shape index (κ3) is 2.63. The Balaban J connectivity index is 1.72. The summed E-state index contributed by atoms with van der Waals surface area (Å²) in [7, 11) is 2.12. The Hall–Kier alpha value is -2.15. The lowest BCUT2D eigenvalue weighted by Crippen LogP contribution is -2.32. The van der Waals surface area contributed by atoms with Gasteiger partial charge in [-0.1, -0.05) is 24.5 Å². The zero-order valence-electron chi connectivity index (χ0n) is 18.9. The number of hydrogen-bond donors (Lipinski definition) is 0. The van der Waals surface area contributed by atoms with Gasteiger partial charge < -0.3 is 0 Å². The fraction of sp³-hybridized carbons (Fsp3) is 0.423. The van der Waals surface area contributed by atoms with Crippen LogP contribution in [-0.2, 0) is 19.8 Å². The van der Waals surface area contributed by atoms with Crippen molar-refractivity contribution < 1.29 is 7.31 Å². The van der Waals surface area contributed by atoms with E-state index >= 15 is 0 Å². The summed E-state index contributed by atoms with van der Waals surface area (Å²) in [6, 6.07) is 13.4. The van der Waals surface area contributed by atoms with Gasteiger partial charge in [-0.15, -0.1) is 0 Å². The van der Waals surface area contributed by atoms with E-state index in [-0.39, 0.29) is 5.41 Å². The van der Waals surface area contributed by atoms with Crippen LogP contribution in [0.2, 0.25) is 0 Å². The maximum absolute atomic E-state index is 9.02. The van der Waals surface area contributed by atoms with Gasteiger partial charge >= 0.3 is 0 Å². The van der Waals surface area contributed by atoms with E-state index in [0.717, 1.165) is 43.2 Å². The van der Waals surface area contributed by atoms with Crippen LogP contribution in [0.15, 0.2) is 36.4 Å². The minimum absolute atomic E-state index is 0.182. The summed E-state index contributed by atoms with van der Waals surface area (Å²) in [6.07, 6.45) is 4.03. The molecule has 0 unspecified atom stereocenters. The van der Waals surface area contributed by atoms with E-state index in [1.165, 1.54) is 38.9 Å². The molecule has 1 saturated carbocycles. The average Bonchev–Trinajstić information content (AvgIpc) is 3.22. The zero-order valence-corrected chi connectivity index (χ0v) is 16.9. The molecule has 1 spiro atoms. The molecule has 1 heterocycles. The van der Waals surface area contributed by atoms with Crippen molar-refractivity contribution in [1.29, 1.82) is 0 Å². The van der Waals surface area contributed by atoms with Gasteiger partial charge in [0.1, 0.15) is 7.05 Å². The summed E-state index contributed by atoms with van der Waals surface area (Å²) < 4.78 is 20.3. The molecule has 1 fully saturated rings. The molecule has 2 aliphatic carbocycles. The van der Waals surface area contributed by atoms with Gasteiger partial charge in [-0.05, 0) is 92.3 Å². The van der Waals surface area contributed by atoms with Crippen molar-refractivity contribution >= 4 is 10.9 Å². The highest BCUT2D eigenvalue weighted by atomic mass is 14.9. The summed E-state index contributed by atoms with van der Waals surface area (Å²) in [4.78, 5) is 0. The number of pyridine rings is 1. The van der Waals surface area contributed by atoms with Gasteiger partial charge in [0.05, 0.1) is 0 Å². The third-order valence-corrected chi connectivity index (χ3v) is 6.97. The molecule has 2 aliphatic rings. The zero-order chi connectivity index (χ0) is 20.6. The largest absolute Gasteiger partial charge is 0.213 e. The predicted octanol–water partition coefficient (Wildman–Crippen LogP) is 5.92. The van der Waals surface area contributed by atoms with E-state index in [2.05, 4.69) is 68.8 Å². The van der Waals surface area contributed by atoms with Crippen LogP contribution >= 0.6 is 0 Å². The standard InChI is InChI=1S/C26H30N/c1-17-11-18(2)19(3)23(12-17)24-8-7-20-13-21-15-26(9-5-6-10-26)16-22(21)14-25(20)27(24)4/h7-8,11-14H,5-6,9-10,15-16H2,1-4H3/q+1/i16D2. The topological polar surface area (TPSA) is 3.88 Å². The molecule has 0 aliphatic heterocycles. The van der Waals surface area contributed by atoms with Crippen molar-refractivity contribution in [1.82, 2.24) is 0 Å². The Morgan fingerprint density at radius 2 is 1.74 bits per heavy atom. The van der Waals surface area contributed by atoms with Gasteiger partial charge in [0, 0.05) is 25.8 Å². The lowest BCUT2D eigenvalue weighted by Gasteiger charge is -2.21. The number of fused-ring (bicyclic) bond motifs is 2. The highest BCUT2D eigenvalue weighted by Crippen LogP contribution is 2.49. The first-order valence-electron chi connectivity index (χ1n) is 11.3. The SMILES string of the molecule is [2H]C1([2H])c2cc3c(ccc(-c4cc(C)cc(C)c4C)[n+]3C)cc2CC12CCCC2. The molecule has 0 atom stereocenters. The summed E-state index contributed by atoms with van der Waals surface area (Å²) in [5.74, 6) is 0. The van der Waals surface area contributed by atoms with Gasteiger partial charge in [0.15, 0.2) is 0 Å². The fourth-order valence-electron chi connectivity index (χ4n) is 5.37. The molecule has 3 aromatic rings. The molecule has 5 rings (SSSR count). The Kier molecular flexibility index (Phi) is 3.26. The first kappa shape index (κ1) is 14.9. The van der Waals surface area contributed by atoms with Crippen LogP contribution in [0.3, 0.4) is 0 Å². The van der Waals surface area contributed by atoms with Gasteiger partial charge in [0.2, 0.25) is 11.2 Å². The van der Waals surface area contributed by atoms with Gasteiger partial charge in [-0.3, -0.25) is 0 Å². The molecule has 0 saturated heterocycles. The summed E-state index contributed by atoms with van der Waals surface area (Å²) in [5, 5.41) is 1.21. The smallest absolute Gasteiger partial charge is 0.194 e. The van der Waals surface area contributed by atoms with Crippen molar-refractivity contribution in [2.45, 2.75) is 59.2 Å². The molecule has 2 aromatic carbocycles. The van der Waals surface area contributed by atoms with E-state index in [9.17, 15) is 0 Å². The van der Waals surface area contributed by atoms with E-state index in [4.69, 9.17) is 2.74 Å². The van der Waals surface area contributed by atoms with E-state index in [1.54, 1.807) is 0 Å². The van der Waals surface area contributed by atoms with Crippen molar-refractivity contribution in [2.75, 3.05) is 0 Å². The molecule has 0 bridgehead atoms. The number of benzene rings is 2.